The van der Waals surface area contributed by atoms with Crippen LogP contribution in [0.5, 0.6) is 0 Å². The number of aliphatic hydroxyl groups excluding tert-OH is 1. The van der Waals surface area contributed by atoms with Crippen LogP contribution in [-0.2, 0) is 28.7 Å². The summed E-state index contributed by atoms with van der Waals surface area (Å²) in [6.07, 6.45) is 6.19. The normalized spacial score (nSPS) is 31.9. The summed E-state index contributed by atoms with van der Waals surface area (Å²) in [5.74, 6) is -3.79. The van der Waals surface area contributed by atoms with Crippen LogP contribution in [0.15, 0.2) is 97.1 Å². The third-order valence-corrected chi connectivity index (χ3v) is 10.1. The van der Waals surface area contributed by atoms with Crippen LogP contribution in [0.2, 0.25) is 0 Å². The number of nitrogens with zero attached hydrogens (tertiary/aromatic N) is 2. The maximum absolute atomic E-state index is 15.0. The van der Waals surface area contributed by atoms with Crippen molar-refractivity contribution < 1.29 is 33.8 Å². The van der Waals surface area contributed by atoms with E-state index in [1.165, 1.54) is 4.90 Å². The molecule has 0 saturated carbocycles. The second kappa shape index (κ2) is 12.7. The largest absolute Gasteiger partial charge is 0.455 e. The fourth-order valence-corrected chi connectivity index (χ4v) is 7.75. The van der Waals surface area contributed by atoms with Crippen LogP contribution in [0.4, 0.5) is 5.69 Å². The molecule has 5 bridgehead atoms. The van der Waals surface area contributed by atoms with Gasteiger partial charge in [-0.1, -0.05) is 85.0 Å². The van der Waals surface area contributed by atoms with Gasteiger partial charge < -0.3 is 29.7 Å². The van der Waals surface area contributed by atoms with Gasteiger partial charge >= 0.3 is 5.97 Å². The highest BCUT2D eigenvalue weighted by Gasteiger charge is 2.74. The quantitative estimate of drug-likeness (QED) is 0.325. The Kier molecular flexibility index (Phi) is 8.39. The molecule has 48 heavy (non-hydrogen) atoms. The molecule has 248 valence electrons. The van der Waals surface area contributed by atoms with E-state index in [2.05, 4.69) is 5.32 Å². The molecule has 2 N–H and O–H groups in total. The first-order valence-electron chi connectivity index (χ1n) is 16.5. The van der Waals surface area contributed by atoms with Crippen molar-refractivity contribution in [3.8, 4) is 0 Å². The molecule has 2 saturated heterocycles. The lowest BCUT2D eigenvalue weighted by molar-refractivity contribution is -0.161. The minimum Gasteiger partial charge on any atom is -0.455 e. The molecule has 4 aliphatic rings. The molecule has 0 radical (unpaired) electrons. The van der Waals surface area contributed by atoms with Gasteiger partial charge in [0.15, 0.2) is 0 Å². The van der Waals surface area contributed by atoms with Gasteiger partial charge in [0.2, 0.25) is 11.8 Å². The third-order valence-electron chi connectivity index (χ3n) is 10.1. The van der Waals surface area contributed by atoms with E-state index in [4.69, 9.17) is 9.47 Å². The van der Waals surface area contributed by atoms with E-state index in [0.29, 0.717) is 17.7 Å². The molecular formula is C38H39N3O7. The Morgan fingerprint density at radius 2 is 1.71 bits per heavy atom. The van der Waals surface area contributed by atoms with E-state index in [9.17, 15) is 24.3 Å². The SMILES string of the molecule is C[C@H](CO)N1C(=O)[C@H]2[C@@H]3C(=O)O[C@H](c4ccccc4)[C@@H](C)NC(=O)CC/C=C\CN(c4ccc5ccccc5c4)C(=O)[C@H]1[C@@]21C=C[C@@H]3O1. The van der Waals surface area contributed by atoms with Gasteiger partial charge in [-0.3, -0.25) is 19.2 Å². The molecule has 0 unspecified atom stereocenters. The van der Waals surface area contributed by atoms with E-state index < -0.39 is 65.6 Å². The van der Waals surface area contributed by atoms with Crippen molar-refractivity contribution in [1.29, 1.82) is 0 Å². The Morgan fingerprint density at radius 1 is 0.958 bits per heavy atom. The van der Waals surface area contributed by atoms with Gasteiger partial charge in [-0.25, -0.2) is 0 Å². The lowest BCUT2D eigenvalue weighted by atomic mass is 9.74. The lowest BCUT2D eigenvalue weighted by Gasteiger charge is -2.37. The highest BCUT2D eigenvalue weighted by molar-refractivity contribution is 6.06. The first kappa shape index (κ1) is 31.8. The number of cyclic esters (lactones) is 1. The van der Waals surface area contributed by atoms with Crippen LogP contribution in [0.25, 0.3) is 10.8 Å². The molecule has 10 heteroatoms. The summed E-state index contributed by atoms with van der Waals surface area (Å²) in [6, 6.07) is 20.3. The van der Waals surface area contributed by atoms with E-state index in [0.717, 1.165) is 10.8 Å². The maximum Gasteiger partial charge on any atom is 0.313 e. The van der Waals surface area contributed by atoms with Crippen molar-refractivity contribution in [3.05, 3.63) is 103 Å². The van der Waals surface area contributed by atoms with Crippen LogP contribution in [-0.4, -0.2) is 76.7 Å². The summed E-state index contributed by atoms with van der Waals surface area (Å²) in [4.78, 5) is 59.7. The van der Waals surface area contributed by atoms with Gasteiger partial charge in [0.1, 0.15) is 23.7 Å². The Balaban J connectivity index is 1.34. The molecule has 10 nitrogen and oxygen atoms in total. The number of benzene rings is 3. The number of esters is 1. The molecule has 3 amide bonds. The fraction of sp³-hybridized carbons (Fsp3) is 0.368. The van der Waals surface area contributed by atoms with Gasteiger partial charge in [0, 0.05) is 18.7 Å². The van der Waals surface area contributed by atoms with Crippen LogP contribution in [0.1, 0.15) is 38.4 Å². The maximum atomic E-state index is 15.0. The number of likely N-dealkylation sites (tertiary alicyclic amines) is 1. The van der Waals surface area contributed by atoms with Crippen molar-refractivity contribution >= 4 is 40.2 Å². The van der Waals surface area contributed by atoms with E-state index in [1.807, 2.05) is 84.9 Å². The monoisotopic (exact) mass is 649 g/mol. The molecule has 0 aromatic heterocycles. The number of carbonyl (C=O) groups excluding carboxylic acids is 4. The first-order valence-corrected chi connectivity index (χ1v) is 16.5. The second-order valence-corrected chi connectivity index (χ2v) is 13.1. The average Bonchev–Trinajstić information content (AvgIpc) is 3.75. The third kappa shape index (κ3) is 5.29. The topological polar surface area (TPSA) is 125 Å². The summed E-state index contributed by atoms with van der Waals surface area (Å²) in [7, 11) is 0. The number of hydrogen-bond donors (Lipinski definition) is 2. The van der Waals surface area contributed by atoms with Gasteiger partial charge in [-0.15, -0.1) is 0 Å². The Bertz CT molecular complexity index is 1810. The molecule has 1 spiro atoms. The molecular weight excluding hydrogens is 610 g/mol. The van der Waals surface area contributed by atoms with Crippen LogP contribution in [0.3, 0.4) is 0 Å². The first-order chi connectivity index (χ1) is 23.2. The Labute approximate surface area is 279 Å². The molecule has 3 aromatic rings. The molecule has 7 rings (SSSR count). The second-order valence-electron chi connectivity index (χ2n) is 13.1. The van der Waals surface area contributed by atoms with E-state index in [1.54, 1.807) is 30.9 Å². The standard InChI is InChI=1S/C38H39N3O7/c1-23(22-42)41-34-36(45)40(28-17-16-25-11-8-9-14-27(25)21-28)20-10-4-7-15-30(43)39-24(2)33(26-12-5-3-6-13-26)47-37(46)31-29-18-19-38(34,48-29)32(31)35(41)44/h3-6,8-14,16-19,21,23-24,29,31-34,42H,7,15,20,22H2,1-2H3,(H,39,43)/b10-4-/t23-,24-,29+,31-,32-,33+,34+,38-/m1/s1. The Hall–Kier alpha value is -4.80. The summed E-state index contributed by atoms with van der Waals surface area (Å²) >= 11 is 0. The van der Waals surface area contributed by atoms with Crippen LogP contribution >= 0.6 is 0 Å². The number of rotatable bonds is 4. The minimum absolute atomic E-state index is 0.163. The number of allylic oxidation sites excluding steroid dienone is 1. The Morgan fingerprint density at radius 3 is 2.48 bits per heavy atom. The number of aliphatic hydroxyl groups is 1. The summed E-state index contributed by atoms with van der Waals surface area (Å²) in [5, 5.41) is 15.2. The molecule has 8 atom stereocenters. The zero-order valence-corrected chi connectivity index (χ0v) is 26.9. The zero-order chi connectivity index (χ0) is 33.6. The van der Waals surface area contributed by atoms with Crippen molar-refractivity contribution in [2.45, 2.75) is 62.6 Å². The highest BCUT2D eigenvalue weighted by Crippen LogP contribution is 2.56. The van der Waals surface area contributed by atoms with Gasteiger partial charge in [0.25, 0.3) is 5.91 Å². The van der Waals surface area contributed by atoms with Crippen molar-refractivity contribution in [1.82, 2.24) is 10.2 Å². The highest BCUT2D eigenvalue weighted by atomic mass is 16.6. The summed E-state index contributed by atoms with van der Waals surface area (Å²) < 4.78 is 12.7. The minimum atomic E-state index is -1.44. The van der Waals surface area contributed by atoms with E-state index >= 15 is 0 Å². The number of fused-ring (bicyclic) bond motifs is 3. The average molecular weight is 650 g/mol. The number of anilines is 1. The van der Waals surface area contributed by atoms with Crippen LogP contribution in [0, 0.1) is 11.8 Å². The number of amides is 3. The zero-order valence-electron chi connectivity index (χ0n) is 26.9. The molecule has 3 aromatic carbocycles. The van der Waals surface area contributed by atoms with Gasteiger partial charge in [-0.2, -0.15) is 0 Å². The number of carbonyl (C=O) groups is 4. The van der Waals surface area contributed by atoms with Crippen LogP contribution < -0.4 is 10.2 Å². The fourth-order valence-electron chi connectivity index (χ4n) is 7.75. The molecule has 4 aliphatic heterocycles. The summed E-state index contributed by atoms with van der Waals surface area (Å²) in [6.45, 7) is 3.24. The van der Waals surface area contributed by atoms with Gasteiger partial charge in [-0.05, 0) is 48.7 Å². The lowest BCUT2D eigenvalue weighted by Crippen LogP contribution is -2.58. The summed E-state index contributed by atoms with van der Waals surface area (Å²) in [5.41, 5.74) is -0.131. The van der Waals surface area contributed by atoms with E-state index in [-0.39, 0.29) is 25.5 Å². The van der Waals surface area contributed by atoms with Gasteiger partial charge in [0.05, 0.1) is 30.7 Å². The number of nitrogens with one attached hydrogen (secondary N) is 1. The van der Waals surface area contributed by atoms with Crippen molar-refractivity contribution in [2.24, 2.45) is 11.8 Å². The smallest absolute Gasteiger partial charge is 0.313 e. The molecule has 0 aliphatic carbocycles. The number of hydrogen-bond acceptors (Lipinski definition) is 7. The van der Waals surface area contributed by atoms with Crippen molar-refractivity contribution in [3.63, 3.8) is 0 Å². The number of ether oxygens (including phenoxy) is 2. The molecule has 2 fully saturated rings. The van der Waals surface area contributed by atoms with Crippen molar-refractivity contribution in [2.75, 3.05) is 18.1 Å². The predicted octanol–water partition coefficient (Wildman–Crippen LogP) is 3.84. The predicted molar refractivity (Wildman–Crippen MR) is 178 cm³/mol. The molecule has 4 heterocycles.